The summed E-state index contributed by atoms with van der Waals surface area (Å²) in [4.78, 5) is 13.5. The van der Waals surface area contributed by atoms with E-state index >= 15 is 0 Å². The first-order chi connectivity index (χ1) is 46.8. The van der Waals surface area contributed by atoms with Crippen LogP contribution in [-0.4, -0.2) is 193 Å². The molecule has 19 nitrogen and oxygen atoms in total. The highest BCUT2D eigenvalue weighted by Crippen LogP contribution is 2.33. The average Bonchev–Trinajstić information content (AvgIpc) is 0.788. The highest BCUT2D eigenvalue weighted by Gasteiger charge is 2.54. The molecular weight excluding hydrogens is 1230 g/mol. The fourth-order valence-corrected chi connectivity index (χ4v) is 13.6. The fraction of sp³-hybridized carbons (Fsp3) is 0.935. The minimum atomic E-state index is -1.97. The summed E-state index contributed by atoms with van der Waals surface area (Å²) in [6.07, 6.45) is 42.6. The minimum Gasteiger partial charge on any atom is -0.394 e. The van der Waals surface area contributed by atoms with E-state index in [4.69, 9.17) is 28.4 Å². The van der Waals surface area contributed by atoms with Crippen LogP contribution >= 0.6 is 0 Å². The maximum Gasteiger partial charge on any atom is 0.220 e. The van der Waals surface area contributed by atoms with Crippen LogP contribution in [0.2, 0.25) is 0 Å². The number of aliphatic hydroxyl groups excluding tert-OH is 11. The quantitative estimate of drug-likeness (QED) is 0.0199. The topological polar surface area (TPSA) is 307 Å². The Morgan fingerprint density at radius 3 is 1.06 bits per heavy atom. The summed E-state index contributed by atoms with van der Waals surface area (Å²) in [5.41, 5.74) is 0. The fourth-order valence-electron chi connectivity index (χ4n) is 13.6. The smallest absolute Gasteiger partial charge is 0.220 e. The predicted octanol–water partition coefficient (Wildman–Crippen LogP) is 12.6. The largest absolute Gasteiger partial charge is 0.394 e. The molecule has 0 bridgehead atoms. The van der Waals surface area contributed by atoms with Gasteiger partial charge >= 0.3 is 0 Å². The Morgan fingerprint density at radius 2 is 0.688 bits per heavy atom. The molecule has 3 saturated heterocycles. The molecule has 566 valence electrons. The van der Waals surface area contributed by atoms with Gasteiger partial charge in [-0.2, -0.15) is 0 Å². The van der Waals surface area contributed by atoms with E-state index in [1.54, 1.807) is 0 Å². The molecule has 3 heterocycles. The molecule has 0 spiro atoms. The van der Waals surface area contributed by atoms with Gasteiger partial charge in [-0.1, -0.05) is 301 Å². The van der Waals surface area contributed by atoms with E-state index in [0.29, 0.717) is 12.8 Å². The average molecular weight is 1370 g/mol. The van der Waals surface area contributed by atoms with Crippen LogP contribution in [-0.2, 0) is 33.2 Å². The summed E-state index contributed by atoms with van der Waals surface area (Å²) in [6.45, 7) is 1.84. The molecule has 3 aliphatic rings. The third-order valence-electron chi connectivity index (χ3n) is 20.0. The number of carbonyl (C=O) groups excluding carboxylic acids is 1. The lowest BCUT2D eigenvalue weighted by Crippen LogP contribution is -2.66. The van der Waals surface area contributed by atoms with E-state index in [-0.39, 0.29) is 18.9 Å². The molecule has 0 aromatic rings. The molecule has 0 aromatic heterocycles. The van der Waals surface area contributed by atoms with Gasteiger partial charge in [0.1, 0.15) is 73.2 Å². The number of rotatable bonds is 63. The molecule has 3 rings (SSSR count). The molecule has 17 atom stereocenters. The summed E-state index contributed by atoms with van der Waals surface area (Å²) < 4.78 is 34.5. The van der Waals surface area contributed by atoms with Crippen molar-refractivity contribution in [3.05, 3.63) is 24.3 Å². The van der Waals surface area contributed by atoms with Crippen molar-refractivity contribution in [2.75, 3.05) is 26.4 Å². The summed E-state index contributed by atoms with van der Waals surface area (Å²) >= 11 is 0. The number of ether oxygens (including phenoxy) is 6. The van der Waals surface area contributed by atoms with Gasteiger partial charge in [-0.25, -0.2) is 0 Å². The number of allylic oxidation sites excluding steroid dienone is 4. The first-order valence-corrected chi connectivity index (χ1v) is 39.6. The van der Waals surface area contributed by atoms with Crippen molar-refractivity contribution >= 4 is 5.91 Å². The third-order valence-corrected chi connectivity index (χ3v) is 20.0. The molecular formula is C77H145NO18. The molecule has 0 saturated carbocycles. The number of hydrogen-bond acceptors (Lipinski definition) is 18. The number of unbranched alkanes of at least 4 members (excludes halogenated alkanes) is 43. The summed E-state index contributed by atoms with van der Waals surface area (Å²) in [5.74, 6) is -0.238. The molecule has 3 fully saturated rings. The lowest BCUT2D eigenvalue weighted by atomic mass is 9.96. The van der Waals surface area contributed by atoms with Gasteiger partial charge in [0.05, 0.1) is 38.6 Å². The molecule has 3 aliphatic heterocycles. The number of carbonyl (C=O) groups is 1. The van der Waals surface area contributed by atoms with Gasteiger partial charge in [-0.05, 0) is 44.9 Å². The van der Waals surface area contributed by atoms with Gasteiger partial charge < -0.3 is 89.9 Å². The molecule has 17 unspecified atom stereocenters. The van der Waals surface area contributed by atoms with E-state index in [1.165, 1.54) is 244 Å². The zero-order valence-electron chi connectivity index (χ0n) is 60.4. The van der Waals surface area contributed by atoms with Crippen molar-refractivity contribution in [1.29, 1.82) is 0 Å². The second-order valence-corrected chi connectivity index (χ2v) is 28.5. The number of aliphatic hydroxyl groups is 11. The minimum absolute atomic E-state index is 0.238. The Labute approximate surface area is 581 Å². The van der Waals surface area contributed by atoms with Crippen LogP contribution < -0.4 is 5.32 Å². The Kier molecular flexibility index (Phi) is 54.1. The van der Waals surface area contributed by atoms with E-state index < -0.39 is 124 Å². The van der Waals surface area contributed by atoms with Crippen molar-refractivity contribution < 1.29 is 89.4 Å². The zero-order valence-corrected chi connectivity index (χ0v) is 60.4. The summed E-state index contributed by atoms with van der Waals surface area (Å²) in [7, 11) is 0. The predicted molar refractivity (Wildman–Crippen MR) is 379 cm³/mol. The normalized spacial score (nSPS) is 27.1. The molecule has 0 aliphatic carbocycles. The van der Waals surface area contributed by atoms with Gasteiger partial charge in [-0.3, -0.25) is 4.79 Å². The van der Waals surface area contributed by atoms with Gasteiger partial charge in [-0.15, -0.1) is 0 Å². The van der Waals surface area contributed by atoms with E-state index in [1.807, 2.05) is 0 Å². The number of amides is 1. The van der Waals surface area contributed by atoms with E-state index in [2.05, 4.69) is 43.5 Å². The van der Waals surface area contributed by atoms with E-state index in [9.17, 15) is 61.0 Å². The number of hydrogen-bond donors (Lipinski definition) is 12. The second kappa shape index (κ2) is 58.7. The van der Waals surface area contributed by atoms with Crippen LogP contribution in [0.15, 0.2) is 24.3 Å². The summed E-state index contributed by atoms with van der Waals surface area (Å²) in [6, 6.07) is -0.888. The van der Waals surface area contributed by atoms with Crippen molar-refractivity contribution in [2.45, 2.75) is 433 Å². The Hall–Kier alpha value is -1.73. The van der Waals surface area contributed by atoms with Crippen LogP contribution in [0.25, 0.3) is 0 Å². The Bertz CT molecular complexity index is 1830. The summed E-state index contributed by atoms with van der Waals surface area (Å²) in [5, 5.41) is 121. The van der Waals surface area contributed by atoms with Crippen molar-refractivity contribution in [3.8, 4) is 0 Å². The lowest BCUT2D eigenvalue weighted by molar-refractivity contribution is -0.379. The standard InChI is InChI=1S/C77H145NO18/c1-3-5-7-9-11-13-15-17-19-21-23-25-27-29-31-32-34-36-38-40-42-44-46-48-50-52-54-61(82)60(78-65(83)55-53-51-49-47-45-43-41-39-37-35-33-30-28-26-24-22-20-18-16-14-12-10-8-6-4-2)59-91-75-71(89)68(86)73(63(57-80)93-75)96-77-72(90)69(87)74(64(58-81)94-77)95-76-70(88)67(85)66(84)62(56-79)92-76/h16,18,22,24,60-64,66-77,79-82,84-90H,3-15,17,19-21,23,25-59H2,1-2H3,(H,78,83)/b18-16-,24-22-. The molecule has 0 aromatic carbocycles. The third kappa shape index (κ3) is 39.1. The highest BCUT2D eigenvalue weighted by atomic mass is 16.8. The van der Waals surface area contributed by atoms with Crippen LogP contribution in [0.1, 0.15) is 328 Å². The molecule has 19 heteroatoms. The highest BCUT2D eigenvalue weighted by molar-refractivity contribution is 5.76. The maximum atomic E-state index is 13.5. The molecule has 96 heavy (non-hydrogen) atoms. The first-order valence-electron chi connectivity index (χ1n) is 39.6. The van der Waals surface area contributed by atoms with Crippen molar-refractivity contribution in [1.82, 2.24) is 5.32 Å². The first kappa shape index (κ1) is 88.5. The molecule has 12 N–H and O–H groups in total. The zero-order chi connectivity index (χ0) is 69.6. The van der Waals surface area contributed by atoms with Crippen LogP contribution in [0.5, 0.6) is 0 Å². The number of nitrogens with one attached hydrogen (secondary N) is 1. The second-order valence-electron chi connectivity index (χ2n) is 28.5. The van der Waals surface area contributed by atoms with Crippen molar-refractivity contribution in [2.24, 2.45) is 0 Å². The van der Waals surface area contributed by atoms with Crippen LogP contribution in [0, 0.1) is 0 Å². The van der Waals surface area contributed by atoms with Gasteiger partial charge in [0.25, 0.3) is 0 Å². The Balaban J connectivity index is 1.38. The SMILES string of the molecule is CCCCCCC/C=C\C/C=C\CCCCCCCCCCCCCCCC(=O)NC(COC1OC(CO)C(OC2OC(CO)C(OC3OC(CO)C(O)C(O)C3O)C(O)C2O)C(O)C1O)C(O)CCCCCCCCCCCCCCCCCCCCCCCCCCCC. The van der Waals surface area contributed by atoms with Crippen LogP contribution in [0.4, 0.5) is 0 Å². The maximum absolute atomic E-state index is 13.5. The van der Waals surface area contributed by atoms with Gasteiger partial charge in [0.2, 0.25) is 5.91 Å². The van der Waals surface area contributed by atoms with Crippen molar-refractivity contribution in [3.63, 3.8) is 0 Å². The monoisotopic (exact) mass is 1370 g/mol. The lowest BCUT2D eigenvalue weighted by Gasteiger charge is -2.48. The van der Waals surface area contributed by atoms with Gasteiger partial charge in [0.15, 0.2) is 18.9 Å². The van der Waals surface area contributed by atoms with Crippen LogP contribution in [0.3, 0.4) is 0 Å². The molecule has 0 radical (unpaired) electrons. The van der Waals surface area contributed by atoms with E-state index in [0.717, 1.165) is 51.4 Å². The molecule has 1 amide bonds. The van der Waals surface area contributed by atoms with Gasteiger partial charge in [0, 0.05) is 6.42 Å². The Morgan fingerprint density at radius 1 is 0.375 bits per heavy atom.